The summed E-state index contributed by atoms with van der Waals surface area (Å²) in [6.07, 6.45) is 1.14. The van der Waals surface area contributed by atoms with E-state index in [1.807, 2.05) is 0 Å². The number of hydrogen-bond donors (Lipinski definition) is 0. The van der Waals surface area contributed by atoms with Crippen molar-refractivity contribution in [2.24, 2.45) is 0 Å². The molecule has 111 valence electrons. The van der Waals surface area contributed by atoms with Gasteiger partial charge in [0.25, 0.3) is 0 Å². The maximum absolute atomic E-state index is 11.3. The van der Waals surface area contributed by atoms with Crippen LogP contribution in [-0.2, 0) is 26.8 Å². The van der Waals surface area contributed by atoms with Gasteiger partial charge in [-0.25, -0.2) is 0 Å². The van der Waals surface area contributed by atoms with Gasteiger partial charge in [0.2, 0.25) is 0 Å². The Morgan fingerprint density at radius 2 is 1.50 bits per heavy atom. The quantitative estimate of drug-likeness (QED) is 0.773. The number of carbonyl (C=O) groups excluding carboxylic acids is 1. The third-order valence-electron chi connectivity index (χ3n) is 3.39. The number of aryl methyl sites for hydroxylation is 1. The number of methoxy groups -OCH3 is 1. The Labute approximate surface area is 123 Å². The molecular formula is C18H27O2. The van der Waals surface area contributed by atoms with Gasteiger partial charge in [-0.15, -0.1) is 0 Å². The SMILES string of the molecule is COC(=O)CCc1cc(C(C)(C)C)[c]c(C(C)(C)C)c1. The molecule has 0 spiro atoms. The van der Waals surface area contributed by atoms with E-state index in [2.05, 4.69) is 59.7 Å². The zero-order chi connectivity index (χ0) is 15.6. The monoisotopic (exact) mass is 275 g/mol. The fourth-order valence-electron chi connectivity index (χ4n) is 1.93. The van der Waals surface area contributed by atoms with Crippen LogP contribution < -0.4 is 0 Å². The molecule has 0 aliphatic rings. The van der Waals surface area contributed by atoms with Crippen molar-refractivity contribution in [2.75, 3.05) is 7.11 Å². The first kappa shape index (κ1) is 16.7. The molecule has 0 aliphatic heterocycles. The maximum Gasteiger partial charge on any atom is 0.305 e. The van der Waals surface area contributed by atoms with Crippen LogP contribution in [0, 0.1) is 6.07 Å². The van der Waals surface area contributed by atoms with Crippen LogP contribution in [0.5, 0.6) is 0 Å². The highest BCUT2D eigenvalue weighted by Crippen LogP contribution is 2.30. The lowest BCUT2D eigenvalue weighted by atomic mass is 9.79. The Balaban J connectivity index is 3.14. The highest BCUT2D eigenvalue weighted by molar-refractivity contribution is 5.69. The van der Waals surface area contributed by atoms with E-state index in [1.165, 1.54) is 23.8 Å². The van der Waals surface area contributed by atoms with Crippen molar-refractivity contribution in [1.82, 2.24) is 0 Å². The Morgan fingerprint density at radius 3 is 1.85 bits per heavy atom. The van der Waals surface area contributed by atoms with Crippen LogP contribution in [0.15, 0.2) is 12.1 Å². The molecule has 0 heterocycles. The van der Waals surface area contributed by atoms with Crippen molar-refractivity contribution >= 4 is 5.97 Å². The molecule has 2 nitrogen and oxygen atoms in total. The summed E-state index contributed by atoms with van der Waals surface area (Å²) in [5.74, 6) is -0.160. The number of benzene rings is 1. The van der Waals surface area contributed by atoms with Crippen LogP contribution in [0.2, 0.25) is 0 Å². The van der Waals surface area contributed by atoms with E-state index < -0.39 is 0 Å². The van der Waals surface area contributed by atoms with Gasteiger partial charge >= 0.3 is 5.97 Å². The predicted octanol–water partition coefficient (Wildman–Crippen LogP) is 4.19. The predicted molar refractivity (Wildman–Crippen MR) is 83.0 cm³/mol. The number of ether oxygens (including phenoxy) is 1. The molecular weight excluding hydrogens is 248 g/mol. The molecule has 1 aromatic rings. The minimum absolute atomic E-state index is 0.0568. The van der Waals surface area contributed by atoms with E-state index in [9.17, 15) is 4.79 Å². The molecule has 0 saturated heterocycles. The lowest BCUT2D eigenvalue weighted by Crippen LogP contribution is -2.17. The Kier molecular flexibility index (Phi) is 5.01. The van der Waals surface area contributed by atoms with Crippen molar-refractivity contribution in [3.63, 3.8) is 0 Å². The molecule has 1 aromatic carbocycles. The number of esters is 1. The lowest BCUT2D eigenvalue weighted by Gasteiger charge is -2.25. The van der Waals surface area contributed by atoms with Gasteiger partial charge in [-0.05, 0) is 40.0 Å². The summed E-state index contributed by atoms with van der Waals surface area (Å²) < 4.78 is 4.72. The summed E-state index contributed by atoms with van der Waals surface area (Å²) in [5, 5.41) is 0. The van der Waals surface area contributed by atoms with Crippen LogP contribution in [0.4, 0.5) is 0 Å². The Bertz CT molecular complexity index is 441. The first-order valence-corrected chi connectivity index (χ1v) is 7.18. The van der Waals surface area contributed by atoms with Crippen LogP contribution in [-0.4, -0.2) is 13.1 Å². The Morgan fingerprint density at radius 1 is 1.05 bits per heavy atom. The number of carbonyl (C=O) groups is 1. The first-order chi connectivity index (χ1) is 9.04. The van der Waals surface area contributed by atoms with E-state index in [0.29, 0.717) is 12.8 Å². The standard InChI is InChI=1S/C18H27O2/c1-17(2,3)14-10-13(8-9-16(19)20-7)11-15(12-14)18(4,5)6/h10-11H,8-9H2,1-7H3. The van der Waals surface area contributed by atoms with E-state index in [-0.39, 0.29) is 16.8 Å². The average Bonchev–Trinajstić information content (AvgIpc) is 2.33. The van der Waals surface area contributed by atoms with Gasteiger partial charge in [0.15, 0.2) is 0 Å². The molecule has 0 aliphatic carbocycles. The Hall–Kier alpha value is -1.31. The van der Waals surface area contributed by atoms with E-state index in [4.69, 9.17) is 4.74 Å². The summed E-state index contributed by atoms with van der Waals surface area (Å²) in [6.45, 7) is 13.1. The summed E-state index contributed by atoms with van der Waals surface area (Å²) >= 11 is 0. The maximum atomic E-state index is 11.3. The second-order valence-corrected chi connectivity index (χ2v) is 7.39. The van der Waals surface area contributed by atoms with Gasteiger partial charge in [0, 0.05) is 6.42 Å². The van der Waals surface area contributed by atoms with Crippen LogP contribution >= 0.6 is 0 Å². The molecule has 20 heavy (non-hydrogen) atoms. The highest BCUT2D eigenvalue weighted by Gasteiger charge is 2.21. The molecule has 0 N–H and O–H groups in total. The average molecular weight is 275 g/mol. The normalized spacial score (nSPS) is 12.3. The van der Waals surface area contributed by atoms with E-state index >= 15 is 0 Å². The highest BCUT2D eigenvalue weighted by atomic mass is 16.5. The van der Waals surface area contributed by atoms with Gasteiger partial charge in [-0.2, -0.15) is 0 Å². The van der Waals surface area contributed by atoms with Gasteiger partial charge in [0.05, 0.1) is 7.11 Å². The van der Waals surface area contributed by atoms with Gasteiger partial charge in [0.1, 0.15) is 0 Å². The van der Waals surface area contributed by atoms with E-state index in [0.717, 1.165) is 0 Å². The fourth-order valence-corrected chi connectivity index (χ4v) is 1.93. The molecule has 0 saturated carbocycles. The van der Waals surface area contributed by atoms with Crippen molar-refractivity contribution in [3.8, 4) is 0 Å². The van der Waals surface area contributed by atoms with Crippen LogP contribution in [0.3, 0.4) is 0 Å². The fraction of sp³-hybridized carbons (Fsp3) is 0.611. The molecule has 2 heteroatoms. The first-order valence-electron chi connectivity index (χ1n) is 7.18. The number of rotatable bonds is 3. The second-order valence-electron chi connectivity index (χ2n) is 7.39. The molecule has 0 amide bonds. The second kappa shape index (κ2) is 5.99. The summed E-state index contributed by atoms with van der Waals surface area (Å²) in [5.41, 5.74) is 3.70. The molecule has 0 unspecified atom stereocenters. The summed E-state index contributed by atoms with van der Waals surface area (Å²) in [7, 11) is 1.43. The van der Waals surface area contributed by atoms with Crippen molar-refractivity contribution < 1.29 is 9.53 Å². The molecule has 0 aromatic heterocycles. The van der Waals surface area contributed by atoms with E-state index in [1.54, 1.807) is 0 Å². The molecule has 1 rings (SSSR count). The van der Waals surface area contributed by atoms with Gasteiger partial charge < -0.3 is 4.74 Å². The van der Waals surface area contributed by atoms with Gasteiger partial charge in [-0.1, -0.05) is 53.7 Å². The summed E-state index contributed by atoms with van der Waals surface area (Å²) in [4.78, 5) is 11.3. The van der Waals surface area contributed by atoms with Crippen molar-refractivity contribution in [2.45, 2.75) is 65.2 Å². The molecule has 0 fully saturated rings. The van der Waals surface area contributed by atoms with Gasteiger partial charge in [-0.3, -0.25) is 4.79 Å². The van der Waals surface area contributed by atoms with Crippen LogP contribution in [0.1, 0.15) is 64.7 Å². The van der Waals surface area contributed by atoms with Crippen molar-refractivity contribution in [3.05, 3.63) is 34.9 Å². The van der Waals surface area contributed by atoms with Crippen LogP contribution in [0.25, 0.3) is 0 Å². The summed E-state index contributed by atoms with van der Waals surface area (Å²) in [6, 6.07) is 7.88. The zero-order valence-electron chi connectivity index (χ0n) is 13.9. The minimum Gasteiger partial charge on any atom is -0.469 e. The third-order valence-corrected chi connectivity index (χ3v) is 3.39. The lowest BCUT2D eigenvalue weighted by molar-refractivity contribution is -0.140. The smallest absolute Gasteiger partial charge is 0.305 e. The molecule has 1 radical (unpaired) electrons. The zero-order valence-corrected chi connectivity index (χ0v) is 13.9. The third kappa shape index (κ3) is 4.66. The van der Waals surface area contributed by atoms with Crippen molar-refractivity contribution in [1.29, 1.82) is 0 Å². The molecule has 0 atom stereocenters. The largest absolute Gasteiger partial charge is 0.469 e. The molecule has 0 bridgehead atoms. The topological polar surface area (TPSA) is 26.3 Å². The number of hydrogen-bond acceptors (Lipinski definition) is 2. The minimum atomic E-state index is -0.160.